The first-order chi connectivity index (χ1) is 13.9. The van der Waals surface area contributed by atoms with Gasteiger partial charge in [-0.15, -0.1) is 0 Å². The highest BCUT2D eigenvalue weighted by Crippen LogP contribution is 2.28. The Labute approximate surface area is 164 Å². The molecule has 2 aromatic heterocycles. The molecule has 0 fully saturated rings. The van der Waals surface area contributed by atoms with Gasteiger partial charge in [0.1, 0.15) is 11.4 Å². The maximum Gasteiger partial charge on any atom is 0.307 e. The van der Waals surface area contributed by atoms with E-state index in [9.17, 15) is 19.5 Å². The van der Waals surface area contributed by atoms with E-state index in [1.54, 1.807) is 24.3 Å². The number of hydrogen-bond acceptors (Lipinski definition) is 4. The second kappa shape index (κ2) is 7.12. The molecule has 29 heavy (non-hydrogen) atoms. The topological polar surface area (TPSA) is 112 Å². The number of nitrogens with one attached hydrogen (secondary N) is 1. The zero-order chi connectivity index (χ0) is 20.5. The molecule has 7 heteroatoms. The Hall–Kier alpha value is -4.13. The van der Waals surface area contributed by atoms with Gasteiger partial charge in [0.2, 0.25) is 0 Å². The van der Waals surface area contributed by atoms with E-state index in [4.69, 9.17) is 5.11 Å². The second-order valence-electron chi connectivity index (χ2n) is 6.59. The van der Waals surface area contributed by atoms with Gasteiger partial charge in [0.05, 0.1) is 17.7 Å². The normalized spacial score (nSPS) is 10.9. The molecule has 0 saturated heterocycles. The third-order valence-electron chi connectivity index (χ3n) is 4.60. The van der Waals surface area contributed by atoms with Crippen LogP contribution in [0, 0.1) is 0 Å². The molecule has 0 aliphatic heterocycles. The Morgan fingerprint density at radius 3 is 2.28 bits per heavy atom. The molecule has 144 valence electrons. The van der Waals surface area contributed by atoms with Gasteiger partial charge >= 0.3 is 5.97 Å². The summed E-state index contributed by atoms with van der Waals surface area (Å²) in [6.07, 6.45) is -0.126. The van der Waals surface area contributed by atoms with Crippen molar-refractivity contribution in [1.29, 1.82) is 0 Å². The zero-order valence-corrected chi connectivity index (χ0v) is 15.1. The number of aromatic hydroxyl groups is 1. The number of pyridine rings is 1. The number of aromatic amines is 1. The number of aromatic nitrogens is 2. The quantitative estimate of drug-likeness (QED) is 0.498. The summed E-state index contributed by atoms with van der Waals surface area (Å²) in [5.41, 5.74) is 1.63. The molecule has 0 saturated carbocycles. The van der Waals surface area contributed by atoms with Gasteiger partial charge in [0, 0.05) is 12.1 Å². The van der Waals surface area contributed by atoms with Crippen molar-refractivity contribution in [2.75, 3.05) is 0 Å². The molecule has 2 heterocycles. The van der Waals surface area contributed by atoms with Crippen LogP contribution in [0.2, 0.25) is 0 Å². The van der Waals surface area contributed by atoms with Crippen molar-refractivity contribution >= 4 is 11.6 Å². The fourth-order valence-electron chi connectivity index (χ4n) is 3.32. The molecule has 7 nitrogen and oxygen atoms in total. The molecule has 0 atom stereocenters. The zero-order valence-electron chi connectivity index (χ0n) is 15.1. The van der Waals surface area contributed by atoms with E-state index in [1.807, 2.05) is 30.3 Å². The van der Waals surface area contributed by atoms with Gasteiger partial charge in [-0.2, -0.15) is 0 Å². The van der Waals surface area contributed by atoms with E-state index in [0.717, 1.165) is 16.0 Å². The standard InChI is InChI=1S/C22H16N2O5/c25-16-11-17-23-21(15-4-2-1-3-5-15)20(22(29)24(17)18(26)12-16)14-8-6-13(7-9-14)10-19(27)28/h1-9,11-12,23,25H,10H2,(H,27,28). The van der Waals surface area contributed by atoms with Crippen molar-refractivity contribution in [3.05, 3.63) is 93.0 Å². The van der Waals surface area contributed by atoms with Gasteiger partial charge in [-0.05, 0) is 16.7 Å². The molecule has 2 aromatic carbocycles. The number of carbonyl (C=O) groups is 1. The van der Waals surface area contributed by atoms with Crippen LogP contribution in [-0.4, -0.2) is 25.6 Å². The first-order valence-corrected chi connectivity index (χ1v) is 8.82. The van der Waals surface area contributed by atoms with Crippen LogP contribution in [0.4, 0.5) is 0 Å². The number of H-pyrrole nitrogens is 1. The summed E-state index contributed by atoms with van der Waals surface area (Å²) in [5, 5.41) is 18.7. The van der Waals surface area contributed by atoms with Crippen LogP contribution in [0.25, 0.3) is 28.0 Å². The van der Waals surface area contributed by atoms with Gasteiger partial charge in [-0.1, -0.05) is 54.6 Å². The monoisotopic (exact) mass is 388 g/mol. The number of carboxylic acids is 1. The summed E-state index contributed by atoms with van der Waals surface area (Å²) in [7, 11) is 0. The number of benzene rings is 2. The first-order valence-electron chi connectivity index (χ1n) is 8.82. The summed E-state index contributed by atoms with van der Waals surface area (Å²) in [6, 6.07) is 18.0. The minimum absolute atomic E-state index is 0.126. The van der Waals surface area contributed by atoms with Crippen LogP contribution in [0.1, 0.15) is 5.56 Å². The van der Waals surface area contributed by atoms with Crippen LogP contribution in [0.5, 0.6) is 5.75 Å². The molecule has 4 aromatic rings. The summed E-state index contributed by atoms with van der Waals surface area (Å²) in [4.78, 5) is 39.6. The Morgan fingerprint density at radius 1 is 0.931 bits per heavy atom. The van der Waals surface area contributed by atoms with E-state index in [2.05, 4.69) is 4.98 Å². The molecule has 3 N–H and O–H groups in total. The second-order valence-corrected chi connectivity index (χ2v) is 6.59. The van der Waals surface area contributed by atoms with Gasteiger partial charge in [-0.25, -0.2) is 4.40 Å². The largest absolute Gasteiger partial charge is 0.508 e. The first kappa shape index (κ1) is 18.2. The number of hydrogen-bond donors (Lipinski definition) is 3. The molecule has 0 spiro atoms. The molecule has 0 aliphatic rings. The summed E-state index contributed by atoms with van der Waals surface area (Å²) >= 11 is 0. The number of carboxylic acid groups (broad SMARTS) is 1. The summed E-state index contributed by atoms with van der Waals surface area (Å²) in [5.74, 6) is -1.19. The van der Waals surface area contributed by atoms with Crippen molar-refractivity contribution in [1.82, 2.24) is 9.38 Å². The third kappa shape index (κ3) is 3.41. The smallest absolute Gasteiger partial charge is 0.307 e. The fourth-order valence-corrected chi connectivity index (χ4v) is 3.32. The Morgan fingerprint density at radius 2 is 1.62 bits per heavy atom. The lowest BCUT2D eigenvalue weighted by molar-refractivity contribution is -0.136. The van der Waals surface area contributed by atoms with Crippen LogP contribution in [-0.2, 0) is 11.2 Å². The van der Waals surface area contributed by atoms with Crippen molar-refractivity contribution in [3.63, 3.8) is 0 Å². The SMILES string of the molecule is O=C(O)Cc1ccc(-c2c(-c3ccccc3)[nH]c3cc(O)cc(=O)n3c2=O)cc1. The highest BCUT2D eigenvalue weighted by molar-refractivity contribution is 5.82. The van der Waals surface area contributed by atoms with E-state index in [-0.39, 0.29) is 23.4 Å². The van der Waals surface area contributed by atoms with Crippen molar-refractivity contribution in [2.24, 2.45) is 0 Å². The fraction of sp³-hybridized carbons (Fsp3) is 0.0455. The lowest BCUT2D eigenvalue weighted by atomic mass is 9.98. The van der Waals surface area contributed by atoms with E-state index in [0.29, 0.717) is 16.8 Å². The van der Waals surface area contributed by atoms with Crippen molar-refractivity contribution in [3.8, 4) is 28.1 Å². The molecule has 0 bridgehead atoms. The number of nitrogens with zero attached hydrogens (tertiary/aromatic N) is 1. The number of fused-ring (bicyclic) bond motifs is 1. The molecule has 4 rings (SSSR count). The molecule has 0 radical (unpaired) electrons. The third-order valence-corrected chi connectivity index (χ3v) is 4.60. The van der Waals surface area contributed by atoms with Crippen LogP contribution in [0.3, 0.4) is 0 Å². The van der Waals surface area contributed by atoms with E-state index < -0.39 is 17.1 Å². The highest BCUT2D eigenvalue weighted by atomic mass is 16.4. The van der Waals surface area contributed by atoms with Crippen molar-refractivity contribution in [2.45, 2.75) is 6.42 Å². The van der Waals surface area contributed by atoms with Crippen LogP contribution >= 0.6 is 0 Å². The summed E-state index contributed by atoms with van der Waals surface area (Å²) in [6.45, 7) is 0. The van der Waals surface area contributed by atoms with Gasteiger partial charge < -0.3 is 15.2 Å². The lowest BCUT2D eigenvalue weighted by Gasteiger charge is -2.13. The van der Waals surface area contributed by atoms with Gasteiger partial charge in [-0.3, -0.25) is 14.4 Å². The Balaban J connectivity index is 2.03. The summed E-state index contributed by atoms with van der Waals surface area (Å²) < 4.78 is 0.965. The van der Waals surface area contributed by atoms with E-state index >= 15 is 0 Å². The van der Waals surface area contributed by atoms with Gasteiger partial charge in [0.15, 0.2) is 0 Å². The maximum absolute atomic E-state index is 13.3. The minimum atomic E-state index is -0.947. The van der Waals surface area contributed by atoms with Crippen LogP contribution < -0.4 is 11.1 Å². The average molecular weight is 388 g/mol. The predicted molar refractivity (Wildman–Crippen MR) is 108 cm³/mol. The van der Waals surface area contributed by atoms with E-state index in [1.165, 1.54) is 6.07 Å². The number of rotatable bonds is 4. The Kier molecular flexibility index (Phi) is 4.48. The molecule has 0 amide bonds. The molecular weight excluding hydrogens is 372 g/mol. The molecule has 0 unspecified atom stereocenters. The van der Waals surface area contributed by atoms with Gasteiger partial charge in [0.25, 0.3) is 11.1 Å². The Bertz CT molecular complexity index is 1340. The maximum atomic E-state index is 13.3. The average Bonchev–Trinajstić information content (AvgIpc) is 2.68. The molecule has 0 aliphatic carbocycles. The van der Waals surface area contributed by atoms with Crippen molar-refractivity contribution < 1.29 is 15.0 Å². The highest BCUT2D eigenvalue weighted by Gasteiger charge is 2.17. The lowest BCUT2D eigenvalue weighted by Crippen LogP contribution is -2.28. The predicted octanol–water partition coefficient (Wildman–Crippen LogP) is 2.65. The molecular formula is C22H16N2O5. The number of aliphatic carboxylic acids is 1. The minimum Gasteiger partial charge on any atom is -0.508 e. The van der Waals surface area contributed by atoms with Crippen LogP contribution in [0.15, 0.2) is 76.3 Å².